The first kappa shape index (κ1) is 15.4. The Morgan fingerprint density at radius 3 is 2.85 bits per heavy atom. The van der Waals surface area contributed by atoms with Gasteiger partial charge in [-0.25, -0.2) is 17.5 Å². The molecule has 1 saturated carbocycles. The van der Waals surface area contributed by atoms with Crippen molar-refractivity contribution in [2.75, 3.05) is 7.11 Å². The summed E-state index contributed by atoms with van der Waals surface area (Å²) in [7, 11) is -2.24. The van der Waals surface area contributed by atoms with Gasteiger partial charge in [-0.2, -0.15) is 0 Å². The minimum atomic E-state index is -3.80. The Balaban J connectivity index is 2.28. The molecule has 0 heterocycles. The number of benzene rings is 1. The summed E-state index contributed by atoms with van der Waals surface area (Å²) in [6.07, 6.45) is 2.29. The molecular formula is C13H19FN2O3S. The molecule has 5 nitrogen and oxygen atoms in total. The van der Waals surface area contributed by atoms with Crippen LogP contribution in [0.3, 0.4) is 0 Å². The zero-order valence-electron chi connectivity index (χ0n) is 11.3. The van der Waals surface area contributed by atoms with Gasteiger partial charge in [-0.05, 0) is 37.0 Å². The molecule has 0 aromatic heterocycles. The average Bonchev–Trinajstić information content (AvgIpc) is 2.85. The molecule has 1 aromatic carbocycles. The van der Waals surface area contributed by atoms with E-state index < -0.39 is 15.8 Å². The van der Waals surface area contributed by atoms with Gasteiger partial charge in [0, 0.05) is 19.7 Å². The molecule has 3 N–H and O–H groups in total. The molecule has 0 saturated heterocycles. The maximum atomic E-state index is 13.3. The number of sulfonamides is 1. The smallest absolute Gasteiger partial charge is 0.241 e. The van der Waals surface area contributed by atoms with Crippen molar-refractivity contribution in [2.45, 2.75) is 42.8 Å². The van der Waals surface area contributed by atoms with Crippen LogP contribution in [0.25, 0.3) is 0 Å². The minimum absolute atomic E-state index is 0.0366. The first-order chi connectivity index (χ1) is 9.47. The highest BCUT2D eigenvalue weighted by Crippen LogP contribution is 2.24. The van der Waals surface area contributed by atoms with Crippen molar-refractivity contribution in [1.82, 2.24) is 4.72 Å². The maximum absolute atomic E-state index is 13.3. The van der Waals surface area contributed by atoms with Crippen LogP contribution >= 0.6 is 0 Å². The molecule has 112 valence electrons. The lowest BCUT2D eigenvalue weighted by molar-refractivity contribution is 0.0916. The van der Waals surface area contributed by atoms with E-state index in [2.05, 4.69) is 4.72 Å². The topological polar surface area (TPSA) is 81.4 Å². The molecule has 0 radical (unpaired) electrons. The Kier molecular flexibility index (Phi) is 4.74. The average molecular weight is 302 g/mol. The zero-order chi connectivity index (χ0) is 14.8. The highest BCUT2D eigenvalue weighted by atomic mass is 32.2. The van der Waals surface area contributed by atoms with Crippen molar-refractivity contribution in [3.05, 3.63) is 29.6 Å². The SMILES string of the molecule is COC1CCCC1NS(=O)(=O)c1cc(F)ccc1CN. The maximum Gasteiger partial charge on any atom is 0.241 e. The Labute approximate surface area is 118 Å². The van der Waals surface area contributed by atoms with Gasteiger partial charge in [0.25, 0.3) is 0 Å². The minimum Gasteiger partial charge on any atom is -0.380 e. The molecule has 7 heteroatoms. The van der Waals surface area contributed by atoms with Crippen molar-refractivity contribution >= 4 is 10.0 Å². The van der Waals surface area contributed by atoms with Crippen LogP contribution in [0.15, 0.2) is 23.1 Å². The molecule has 1 aromatic rings. The quantitative estimate of drug-likeness (QED) is 0.854. The van der Waals surface area contributed by atoms with Crippen LogP contribution in [0.5, 0.6) is 0 Å². The fourth-order valence-electron chi connectivity index (χ4n) is 2.55. The Hall–Kier alpha value is -1.02. The van der Waals surface area contributed by atoms with Gasteiger partial charge in [-0.3, -0.25) is 0 Å². The Morgan fingerprint density at radius 2 is 2.20 bits per heavy atom. The molecule has 20 heavy (non-hydrogen) atoms. The number of hydrogen-bond acceptors (Lipinski definition) is 4. The fraction of sp³-hybridized carbons (Fsp3) is 0.538. The number of nitrogens with two attached hydrogens (primary N) is 1. The highest BCUT2D eigenvalue weighted by Gasteiger charge is 2.32. The van der Waals surface area contributed by atoms with Crippen LogP contribution in [-0.4, -0.2) is 27.7 Å². The van der Waals surface area contributed by atoms with Crippen molar-refractivity contribution in [2.24, 2.45) is 5.73 Å². The number of hydrogen-bond donors (Lipinski definition) is 2. The lowest BCUT2D eigenvalue weighted by Crippen LogP contribution is -2.41. The van der Waals surface area contributed by atoms with Crippen LogP contribution in [0.1, 0.15) is 24.8 Å². The molecule has 0 aliphatic heterocycles. The second-order valence-electron chi connectivity index (χ2n) is 4.89. The van der Waals surface area contributed by atoms with E-state index >= 15 is 0 Å². The monoisotopic (exact) mass is 302 g/mol. The van der Waals surface area contributed by atoms with Gasteiger partial charge in [-0.1, -0.05) is 6.07 Å². The molecule has 2 atom stereocenters. The van der Waals surface area contributed by atoms with Gasteiger partial charge in [-0.15, -0.1) is 0 Å². The summed E-state index contributed by atoms with van der Waals surface area (Å²) in [5.41, 5.74) is 5.91. The normalized spacial score (nSPS) is 23.1. The van der Waals surface area contributed by atoms with Crippen molar-refractivity contribution in [1.29, 1.82) is 0 Å². The number of ether oxygens (including phenoxy) is 1. The third-order valence-electron chi connectivity index (χ3n) is 3.60. The van der Waals surface area contributed by atoms with Gasteiger partial charge in [0.1, 0.15) is 5.82 Å². The van der Waals surface area contributed by atoms with Gasteiger partial charge in [0.05, 0.1) is 11.0 Å². The lowest BCUT2D eigenvalue weighted by Gasteiger charge is -2.20. The third-order valence-corrected chi connectivity index (χ3v) is 5.17. The first-order valence-corrected chi connectivity index (χ1v) is 8.00. The van der Waals surface area contributed by atoms with E-state index in [-0.39, 0.29) is 23.6 Å². The van der Waals surface area contributed by atoms with Crippen LogP contribution in [0.2, 0.25) is 0 Å². The molecule has 1 aliphatic carbocycles. The van der Waals surface area contributed by atoms with Gasteiger partial charge >= 0.3 is 0 Å². The number of rotatable bonds is 5. The summed E-state index contributed by atoms with van der Waals surface area (Å²) in [4.78, 5) is -0.0956. The highest BCUT2D eigenvalue weighted by molar-refractivity contribution is 7.89. The van der Waals surface area contributed by atoms with Gasteiger partial charge in [0.15, 0.2) is 0 Å². The predicted octanol–water partition coefficient (Wildman–Crippen LogP) is 1.13. The summed E-state index contributed by atoms with van der Waals surface area (Å²) in [5, 5.41) is 0. The summed E-state index contributed by atoms with van der Waals surface area (Å²) < 4.78 is 46.0. The first-order valence-electron chi connectivity index (χ1n) is 6.51. The summed E-state index contributed by atoms with van der Waals surface area (Å²) in [6.45, 7) is 0.0366. The van der Waals surface area contributed by atoms with Crippen LogP contribution in [0.4, 0.5) is 4.39 Å². The number of halogens is 1. The fourth-order valence-corrected chi connectivity index (χ4v) is 4.11. The molecule has 0 spiro atoms. The molecule has 2 rings (SSSR count). The van der Waals surface area contributed by atoms with Gasteiger partial charge in [0.2, 0.25) is 10.0 Å². The Morgan fingerprint density at radius 1 is 1.45 bits per heavy atom. The molecule has 1 fully saturated rings. The lowest BCUT2D eigenvalue weighted by atomic mass is 10.2. The van der Waals surface area contributed by atoms with Crippen molar-refractivity contribution in [3.63, 3.8) is 0 Å². The van der Waals surface area contributed by atoms with Crippen LogP contribution in [0, 0.1) is 5.82 Å². The summed E-state index contributed by atoms with van der Waals surface area (Å²) >= 11 is 0. The number of methoxy groups -OCH3 is 1. The van der Waals surface area contributed by atoms with E-state index in [1.165, 1.54) is 12.1 Å². The standard InChI is InChI=1S/C13H19FN2O3S/c1-19-12-4-2-3-11(12)16-20(17,18)13-7-10(14)6-5-9(13)8-15/h5-7,11-12,16H,2-4,8,15H2,1H3. The summed E-state index contributed by atoms with van der Waals surface area (Å²) in [6, 6.07) is 3.32. The summed E-state index contributed by atoms with van der Waals surface area (Å²) in [5.74, 6) is -0.600. The van der Waals surface area contributed by atoms with E-state index in [0.29, 0.717) is 12.0 Å². The van der Waals surface area contributed by atoms with Crippen LogP contribution in [-0.2, 0) is 21.3 Å². The van der Waals surface area contributed by atoms with E-state index in [0.717, 1.165) is 18.9 Å². The second kappa shape index (κ2) is 6.17. The van der Waals surface area contributed by atoms with Crippen molar-refractivity contribution in [3.8, 4) is 0 Å². The van der Waals surface area contributed by atoms with E-state index in [9.17, 15) is 12.8 Å². The van der Waals surface area contributed by atoms with E-state index in [1.54, 1.807) is 7.11 Å². The van der Waals surface area contributed by atoms with E-state index in [1.807, 2.05) is 0 Å². The third kappa shape index (κ3) is 3.17. The largest absolute Gasteiger partial charge is 0.380 e. The predicted molar refractivity (Wildman–Crippen MR) is 73.0 cm³/mol. The number of nitrogens with one attached hydrogen (secondary N) is 1. The van der Waals surface area contributed by atoms with Gasteiger partial charge < -0.3 is 10.5 Å². The molecular weight excluding hydrogens is 283 g/mol. The second-order valence-corrected chi connectivity index (χ2v) is 6.57. The Bertz CT molecular complexity index is 577. The van der Waals surface area contributed by atoms with Crippen molar-refractivity contribution < 1.29 is 17.5 Å². The molecule has 0 amide bonds. The van der Waals surface area contributed by atoms with E-state index in [4.69, 9.17) is 10.5 Å². The molecule has 1 aliphatic rings. The van der Waals surface area contributed by atoms with Crippen LogP contribution < -0.4 is 10.5 Å². The molecule has 2 unspecified atom stereocenters. The molecule has 0 bridgehead atoms. The zero-order valence-corrected chi connectivity index (χ0v) is 12.1.